The van der Waals surface area contributed by atoms with E-state index < -0.39 is 22.2 Å². The van der Waals surface area contributed by atoms with Gasteiger partial charge in [0.15, 0.2) is 0 Å². The Morgan fingerprint density at radius 3 is 2.58 bits per heavy atom. The lowest BCUT2D eigenvalue weighted by Gasteiger charge is -2.36. The number of aliphatic hydroxyl groups is 1. The van der Waals surface area contributed by atoms with E-state index in [1.807, 2.05) is 6.07 Å². The van der Waals surface area contributed by atoms with E-state index in [2.05, 4.69) is 0 Å². The highest BCUT2D eigenvalue weighted by Crippen LogP contribution is 2.46. The van der Waals surface area contributed by atoms with Crippen LogP contribution in [0, 0.1) is 17.1 Å². The predicted molar refractivity (Wildman–Crippen MR) is 69.2 cm³/mol. The Morgan fingerprint density at radius 2 is 2.00 bits per heavy atom. The van der Waals surface area contributed by atoms with Crippen LogP contribution in [0.1, 0.15) is 36.8 Å². The molecule has 100 valence electrons. The van der Waals surface area contributed by atoms with Crippen LogP contribution in [0.3, 0.4) is 0 Å². The molecular weight excluding hydrogens is 265 g/mol. The van der Waals surface area contributed by atoms with Gasteiger partial charge in [-0.25, -0.2) is 4.39 Å². The summed E-state index contributed by atoms with van der Waals surface area (Å²) in [6.45, 7) is 0. The second kappa shape index (κ2) is 4.39. The molecule has 2 saturated heterocycles. The minimum atomic E-state index is -1.28. The molecule has 3 rings (SSSR count). The third-order valence-corrected chi connectivity index (χ3v) is 6.31. The van der Waals surface area contributed by atoms with E-state index in [-0.39, 0.29) is 16.1 Å². The maximum absolute atomic E-state index is 14.0. The van der Waals surface area contributed by atoms with Gasteiger partial charge in [0.25, 0.3) is 0 Å². The minimum Gasteiger partial charge on any atom is -0.385 e. The number of fused-ring (bicyclic) bond motifs is 2. The van der Waals surface area contributed by atoms with Gasteiger partial charge >= 0.3 is 0 Å². The van der Waals surface area contributed by atoms with Gasteiger partial charge in [0.1, 0.15) is 5.82 Å². The summed E-state index contributed by atoms with van der Waals surface area (Å²) >= 11 is 0. The first-order chi connectivity index (χ1) is 9.03. The fraction of sp³-hybridized carbons (Fsp3) is 0.500. The van der Waals surface area contributed by atoms with E-state index in [4.69, 9.17) is 5.26 Å². The zero-order valence-electron chi connectivity index (χ0n) is 10.3. The van der Waals surface area contributed by atoms with Crippen LogP contribution in [0.5, 0.6) is 0 Å². The molecule has 2 unspecified atom stereocenters. The van der Waals surface area contributed by atoms with Crippen molar-refractivity contribution in [2.75, 3.05) is 0 Å². The van der Waals surface area contributed by atoms with Gasteiger partial charge in [0, 0.05) is 26.9 Å². The van der Waals surface area contributed by atoms with Crippen LogP contribution in [0.25, 0.3) is 0 Å². The van der Waals surface area contributed by atoms with Crippen molar-refractivity contribution in [1.29, 1.82) is 5.26 Å². The summed E-state index contributed by atoms with van der Waals surface area (Å²) in [6.07, 6.45) is 2.31. The van der Waals surface area contributed by atoms with Crippen LogP contribution in [0.15, 0.2) is 18.2 Å². The van der Waals surface area contributed by atoms with E-state index in [9.17, 15) is 13.7 Å². The molecule has 2 bridgehead atoms. The third kappa shape index (κ3) is 1.99. The average molecular weight is 279 g/mol. The molecular formula is C14H14FNO2S. The topological polar surface area (TPSA) is 61.1 Å². The number of benzene rings is 1. The largest absolute Gasteiger partial charge is 0.385 e. The van der Waals surface area contributed by atoms with E-state index >= 15 is 0 Å². The van der Waals surface area contributed by atoms with E-state index in [1.54, 1.807) is 0 Å². The Balaban J connectivity index is 2.02. The molecule has 0 aliphatic carbocycles. The standard InChI is InChI=1S/C14H14FNO2S/c15-13-4-1-9(8-16)5-12(13)14(17)6-10-2-3-11(7-14)19(10)18/h1,4-5,10-11,17H,2-3,6-7H2. The number of rotatable bonds is 1. The molecule has 2 heterocycles. The molecule has 1 aromatic carbocycles. The highest BCUT2D eigenvalue weighted by molar-refractivity contribution is 7.86. The monoisotopic (exact) mass is 279 g/mol. The summed E-state index contributed by atoms with van der Waals surface area (Å²) in [5, 5.41) is 19.6. The molecule has 0 amide bonds. The number of halogens is 1. The van der Waals surface area contributed by atoms with Gasteiger partial charge in [-0.05, 0) is 43.9 Å². The fourth-order valence-corrected chi connectivity index (χ4v) is 5.41. The Hall–Kier alpha value is -1.25. The molecule has 0 spiro atoms. The van der Waals surface area contributed by atoms with Crippen LogP contribution in [0.4, 0.5) is 4.39 Å². The second-order valence-electron chi connectivity index (χ2n) is 5.40. The fourth-order valence-electron chi connectivity index (χ4n) is 3.25. The first kappa shape index (κ1) is 12.8. The molecule has 1 N–H and O–H groups in total. The van der Waals surface area contributed by atoms with Crippen LogP contribution in [-0.4, -0.2) is 19.8 Å². The molecule has 1 aromatic rings. The van der Waals surface area contributed by atoms with Crippen LogP contribution in [0.2, 0.25) is 0 Å². The SMILES string of the molecule is N#Cc1ccc(F)c(C2(O)CC3CCC(C2)S3=O)c1. The molecule has 2 atom stereocenters. The Labute approximate surface area is 113 Å². The van der Waals surface area contributed by atoms with Crippen molar-refractivity contribution in [1.82, 2.24) is 0 Å². The Kier molecular flexibility index (Phi) is 2.95. The number of hydrogen-bond donors (Lipinski definition) is 1. The third-order valence-electron chi connectivity index (χ3n) is 4.20. The summed E-state index contributed by atoms with van der Waals surface area (Å²) in [7, 11) is -0.900. The zero-order chi connectivity index (χ0) is 13.6. The first-order valence-corrected chi connectivity index (χ1v) is 7.63. The number of nitrogens with zero attached hydrogens (tertiary/aromatic N) is 1. The van der Waals surface area contributed by atoms with Gasteiger partial charge in [-0.2, -0.15) is 5.26 Å². The lowest BCUT2D eigenvalue weighted by atomic mass is 9.85. The van der Waals surface area contributed by atoms with Gasteiger partial charge in [0.05, 0.1) is 17.2 Å². The summed E-state index contributed by atoms with van der Waals surface area (Å²) < 4.78 is 25.9. The molecule has 19 heavy (non-hydrogen) atoms. The Morgan fingerprint density at radius 1 is 1.37 bits per heavy atom. The van der Waals surface area contributed by atoms with Crippen molar-refractivity contribution in [2.24, 2.45) is 0 Å². The average Bonchev–Trinajstić information content (AvgIpc) is 2.63. The molecule has 5 heteroatoms. The van der Waals surface area contributed by atoms with Crippen molar-refractivity contribution in [3.8, 4) is 6.07 Å². The van der Waals surface area contributed by atoms with Crippen molar-refractivity contribution in [3.05, 3.63) is 35.1 Å². The first-order valence-electron chi connectivity index (χ1n) is 6.35. The minimum absolute atomic E-state index is 0.0473. The van der Waals surface area contributed by atoms with Crippen LogP contribution < -0.4 is 0 Å². The Bertz CT molecular complexity index is 580. The molecule has 2 aliphatic heterocycles. The second-order valence-corrected chi connectivity index (χ2v) is 7.39. The number of hydrogen-bond acceptors (Lipinski definition) is 3. The molecule has 0 aromatic heterocycles. The van der Waals surface area contributed by atoms with Crippen molar-refractivity contribution in [2.45, 2.75) is 41.8 Å². The predicted octanol–water partition coefficient (Wildman–Crippen LogP) is 1.96. The van der Waals surface area contributed by atoms with E-state index in [1.165, 1.54) is 18.2 Å². The quantitative estimate of drug-likeness (QED) is 0.854. The normalized spacial score (nSPS) is 37.0. The van der Waals surface area contributed by atoms with Crippen molar-refractivity contribution < 1.29 is 13.7 Å². The smallest absolute Gasteiger partial charge is 0.129 e. The highest BCUT2D eigenvalue weighted by atomic mass is 32.2. The van der Waals surface area contributed by atoms with E-state index in [0.29, 0.717) is 18.4 Å². The van der Waals surface area contributed by atoms with Gasteiger partial charge in [-0.3, -0.25) is 4.21 Å². The van der Waals surface area contributed by atoms with Gasteiger partial charge in [-0.1, -0.05) is 0 Å². The lowest BCUT2D eigenvalue weighted by molar-refractivity contribution is 0.0151. The summed E-state index contributed by atoms with van der Waals surface area (Å²) in [5.41, 5.74) is -0.763. The summed E-state index contributed by atoms with van der Waals surface area (Å²) in [5.74, 6) is -0.492. The number of nitriles is 1. The molecule has 0 radical (unpaired) electrons. The zero-order valence-corrected chi connectivity index (χ0v) is 11.1. The molecule has 2 fully saturated rings. The summed E-state index contributed by atoms with van der Waals surface area (Å²) in [4.78, 5) is 0. The molecule has 3 nitrogen and oxygen atoms in total. The maximum Gasteiger partial charge on any atom is 0.129 e. The maximum atomic E-state index is 14.0. The lowest BCUT2D eigenvalue weighted by Crippen LogP contribution is -2.40. The van der Waals surface area contributed by atoms with Gasteiger partial charge in [-0.15, -0.1) is 0 Å². The van der Waals surface area contributed by atoms with Crippen LogP contribution >= 0.6 is 0 Å². The molecule has 2 aliphatic rings. The van der Waals surface area contributed by atoms with Gasteiger partial charge < -0.3 is 5.11 Å². The van der Waals surface area contributed by atoms with Crippen molar-refractivity contribution in [3.63, 3.8) is 0 Å². The van der Waals surface area contributed by atoms with Gasteiger partial charge in [0.2, 0.25) is 0 Å². The van der Waals surface area contributed by atoms with E-state index in [0.717, 1.165) is 12.8 Å². The van der Waals surface area contributed by atoms with Crippen molar-refractivity contribution >= 4 is 10.8 Å². The summed E-state index contributed by atoms with van der Waals surface area (Å²) in [6, 6.07) is 6.00. The van der Waals surface area contributed by atoms with Crippen LogP contribution in [-0.2, 0) is 16.4 Å². The highest BCUT2D eigenvalue weighted by Gasteiger charge is 2.49. The molecule has 0 saturated carbocycles.